The van der Waals surface area contributed by atoms with Gasteiger partial charge in [-0.05, 0) is 72.2 Å². The summed E-state index contributed by atoms with van der Waals surface area (Å²) >= 11 is 0. The summed E-state index contributed by atoms with van der Waals surface area (Å²) in [4.78, 5) is 0. The van der Waals surface area contributed by atoms with Gasteiger partial charge in [-0.25, -0.2) is 0 Å². The molecule has 0 bridgehead atoms. The molecule has 0 radical (unpaired) electrons. The van der Waals surface area contributed by atoms with Gasteiger partial charge in [-0.3, -0.25) is 0 Å². The topological polar surface area (TPSA) is 25.3 Å². The molecule has 5 aromatic heterocycles. The van der Waals surface area contributed by atoms with Crippen LogP contribution in [0, 0.1) is 0 Å². The molecule has 2 aliphatic heterocycles. The van der Waals surface area contributed by atoms with Gasteiger partial charge in [0, 0.05) is 68.6 Å². The average Bonchev–Trinajstić information content (AvgIpc) is 3.81. The summed E-state index contributed by atoms with van der Waals surface area (Å²) in [6, 6.07) is 47.2. The molecule has 2 aliphatic rings. The van der Waals surface area contributed by atoms with E-state index in [1.807, 2.05) is 0 Å². The second-order valence-electron chi connectivity index (χ2n) is 14.1. The largest absolute Gasteiger partial charge is 0.456 e. The predicted octanol–water partition coefficient (Wildman–Crippen LogP) is 10.4. The lowest BCUT2D eigenvalue weighted by Gasteiger charge is -2.30. The van der Waals surface area contributed by atoms with Gasteiger partial charge in [0.15, 0.2) is 24.6 Å². The van der Waals surface area contributed by atoms with E-state index >= 15 is 0 Å². The zero-order valence-corrected chi connectivity index (χ0v) is 27.3. The number of benzene rings is 5. The molecule has 12 rings (SSSR count). The minimum absolute atomic E-state index is 0.261. The number of furan rings is 1. The van der Waals surface area contributed by atoms with Gasteiger partial charge < -0.3 is 8.82 Å². The van der Waals surface area contributed by atoms with Crippen LogP contribution in [0.25, 0.3) is 88.7 Å². The van der Waals surface area contributed by atoms with Crippen LogP contribution < -0.4 is 9.13 Å². The van der Waals surface area contributed by atoms with Crippen molar-refractivity contribution in [2.45, 2.75) is 24.8 Å². The molecule has 7 heterocycles. The molecule has 50 heavy (non-hydrogen) atoms. The third-order valence-corrected chi connectivity index (χ3v) is 11.6. The van der Waals surface area contributed by atoms with E-state index in [2.05, 4.69) is 166 Å². The van der Waals surface area contributed by atoms with E-state index in [-0.39, 0.29) is 6.04 Å². The highest BCUT2D eigenvalue weighted by Crippen LogP contribution is 2.48. The van der Waals surface area contributed by atoms with Gasteiger partial charge in [0.2, 0.25) is 11.4 Å². The molecule has 0 saturated carbocycles. The molecule has 4 heteroatoms. The fourth-order valence-electron chi connectivity index (χ4n) is 9.58. The molecular weight excluding hydrogens is 611 g/mol. The molecule has 2 unspecified atom stereocenters. The molecule has 2 atom stereocenters. The van der Waals surface area contributed by atoms with Gasteiger partial charge in [0.1, 0.15) is 11.2 Å². The minimum Gasteiger partial charge on any atom is -0.456 e. The predicted molar refractivity (Wildman–Crippen MR) is 202 cm³/mol. The van der Waals surface area contributed by atoms with Crippen molar-refractivity contribution in [3.8, 4) is 22.5 Å². The van der Waals surface area contributed by atoms with Gasteiger partial charge >= 0.3 is 0 Å². The molecule has 10 aromatic rings. The van der Waals surface area contributed by atoms with Crippen LogP contribution in [0.2, 0.25) is 0 Å². The van der Waals surface area contributed by atoms with Gasteiger partial charge in [-0.2, -0.15) is 9.13 Å². The summed E-state index contributed by atoms with van der Waals surface area (Å²) in [5, 5.41) is 7.42. The van der Waals surface area contributed by atoms with E-state index in [1.54, 1.807) is 0 Å². The fourth-order valence-corrected chi connectivity index (χ4v) is 9.58. The van der Waals surface area contributed by atoms with Crippen molar-refractivity contribution in [3.63, 3.8) is 0 Å². The van der Waals surface area contributed by atoms with E-state index < -0.39 is 0 Å². The molecule has 0 spiro atoms. The minimum atomic E-state index is 0.261. The van der Waals surface area contributed by atoms with E-state index in [0.29, 0.717) is 5.92 Å². The van der Waals surface area contributed by atoms with E-state index in [0.717, 1.165) is 24.0 Å². The third-order valence-electron chi connectivity index (χ3n) is 11.6. The van der Waals surface area contributed by atoms with Crippen LogP contribution in [0.1, 0.15) is 29.5 Å². The quantitative estimate of drug-likeness (QED) is 0.151. The van der Waals surface area contributed by atoms with E-state index in [9.17, 15) is 0 Å². The maximum Gasteiger partial charge on any atom is 0.218 e. The molecular formula is C46H31N3O+2. The lowest BCUT2D eigenvalue weighted by molar-refractivity contribution is -0.718. The Morgan fingerprint density at radius 1 is 0.600 bits per heavy atom. The van der Waals surface area contributed by atoms with Crippen molar-refractivity contribution in [3.05, 3.63) is 157 Å². The second-order valence-corrected chi connectivity index (χ2v) is 14.1. The summed E-state index contributed by atoms with van der Waals surface area (Å²) in [6.07, 6.45) is 11.0. The number of fused-ring (bicyclic) bond motifs is 19. The monoisotopic (exact) mass is 641 g/mol. The van der Waals surface area contributed by atoms with E-state index in [1.165, 1.54) is 82.5 Å². The fraction of sp³-hybridized carbons (Fsp3) is 0.0870. The van der Waals surface area contributed by atoms with Crippen LogP contribution in [0.5, 0.6) is 0 Å². The highest BCUT2D eigenvalue weighted by atomic mass is 16.3. The second kappa shape index (κ2) is 9.67. The van der Waals surface area contributed by atoms with Gasteiger partial charge in [-0.1, -0.05) is 54.6 Å². The normalized spacial score (nSPS) is 17.0. The number of aromatic nitrogens is 3. The Morgan fingerprint density at radius 3 is 2.36 bits per heavy atom. The van der Waals surface area contributed by atoms with Gasteiger partial charge in [-0.15, -0.1) is 0 Å². The molecule has 5 aromatic carbocycles. The zero-order chi connectivity index (χ0) is 32.5. The Balaban J connectivity index is 1.21. The number of hydrogen-bond acceptors (Lipinski definition) is 1. The van der Waals surface area contributed by atoms with Crippen LogP contribution in [0.4, 0.5) is 0 Å². The molecule has 0 aliphatic carbocycles. The maximum atomic E-state index is 6.59. The lowest BCUT2D eigenvalue weighted by Crippen LogP contribution is -2.48. The Morgan fingerprint density at radius 2 is 1.40 bits per heavy atom. The number of para-hydroxylation sites is 2. The smallest absolute Gasteiger partial charge is 0.218 e. The summed E-state index contributed by atoms with van der Waals surface area (Å²) in [5.74, 6) is 0.339. The molecule has 0 saturated heterocycles. The Kier molecular flexibility index (Phi) is 5.16. The van der Waals surface area contributed by atoms with E-state index in [4.69, 9.17) is 4.42 Å². The third kappa shape index (κ3) is 3.40. The first-order chi connectivity index (χ1) is 24.8. The number of nitrogens with zero attached hydrogens (tertiary/aromatic N) is 3. The molecule has 234 valence electrons. The number of hydrogen-bond donors (Lipinski definition) is 0. The van der Waals surface area contributed by atoms with Gasteiger partial charge in [0.25, 0.3) is 0 Å². The Labute approximate surface area is 287 Å². The summed E-state index contributed by atoms with van der Waals surface area (Å²) in [7, 11) is 0. The average molecular weight is 642 g/mol. The summed E-state index contributed by atoms with van der Waals surface area (Å²) in [5.41, 5.74) is 13.6. The first-order valence-electron chi connectivity index (χ1n) is 17.6. The first-order valence-corrected chi connectivity index (χ1v) is 17.6. The highest BCUT2D eigenvalue weighted by molar-refractivity contribution is 6.34. The number of allylic oxidation sites excluding steroid dienone is 1. The van der Waals surface area contributed by atoms with Crippen molar-refractivity contribution in [1.82, 2.24) is 4.40 Å². The van der Waals surface area contributed by atoms with Crippen molar-refractivity contribution in [1.29, 1.82) is 0 Å². The van der Waals surface area contributed by atoms with Crippen LogP contribution >= 0.6 is 0 Å². The molecule has 4 nitrogen and oxygen atoms in total. The highest BCUT2D eigenvalue weighted by Gasteiger charge is 2.40. The van der Waals surface area contributed by atoms with Crippen molar-refractivity contribution in [2.75, 3.05) is 0 Å². The standard InChI is InChI=1S/C46H31N3O/c1-2-13-30-29(12-1)31-16-11-22-47-21-9-7-17-37(47)34-26-35-36-27-43-44(33-15-4-6-20-42(33)50-43)45-32-14-3-5-19-39(32)49(46(36)45)41(35)25-28(34)24-40(31)48-23-10-8-18-38(30)48/h1-15,17-23,25-27,31,40H,16,24H2/q+2. The molecule has 0 N–H and O–H groups in total. The molecule has 0 amide bonds. The van der Waals surface area contributed by atoms with Crippen LogP contribution in [0.15, 0.2) is 150 Å². The van der Waals surface area contributed by atoms with Crippen LogP contribution in [-0.4, -0.2) is 4.40 Å². The Hall–Kier alpha value is -6.26. The van der Waals surface area contributed by atoms with Crippen LogP contribution in [0.3, 0.4) is 0 Å². The Bertz CT molecular complexity index is 3070. The first kappa shape index (κ1) is 26.7. The maximum absolute atomic E-state index is 6.59. The number of pyridine rings is 2. The van der Waals surface area contributed by atoms with Crippen molar-refractivity contribution in [2.24, 2.45) is 0 Å². The summed E-state index contributed by atoms with van der Waals surface area (Å²) in [6.45, 7) is 0. The van der Waals surface area contributed by atoms with Gasteiger partial charge in [0.05, 0.1) is 28.0 Å². The molecule has 0 fully saturated rings. The number of rotatable bonds is 0. The van der Waals surface area contributed by atoms with Crippen molar-refractivity contribution < 1.29 is 13.6 Å². The van der Waals surface area contributed by atoms with Crippen molar-refractivity contribution >= 4 is 66.2 Å². The zero-order valence-electron chi connectivity index (χ0n) is 27.3. The summed E-state index contributed by atoms with van der Waals surface area (Å²) < 4.78 is 14.0. The SMILES string of the molecule is C1=C[n+]2ccccc2-c2cc3c4cc5oc6ccccc6c5c5c6ccccc6n(c3cc2CC2C(C1)c1ccccc1-c1cccc[n+]12)c45. The lowest BCUT2D eigenvalue weighted by atomic mass is 9.78. The van der Waals surface area contributed by atoms with Crippen LogP contribution in [-0.2, 0) is 6.42 Å².